The zero-order valence-electron chi connectivity index (χ0n) is 12.4. The van der Waals surface area contributed by atoms with Crippen molar-refractivity contribution in [1.29, 1.82) is 0 Å². The van der Waals surface area contributed by atoms with Crippen LogP contribution in [0.25, 0.3) is 0 Å². The van der Waals surface area contributed by atoms with Gasteiger partial charge in [0, 0.05) is 41.7 Å². The summed E-state index contributed by atoms with van der Waals surface area (Å²) in [5.41, 5.74) is 0.229. The molecule has 1 aliphatic heterocycles. The van der Waals surface area contributed by atoms with Crippen LogP contribution in [0.2, 0.25) is 0 Å². The number of nitrogens with one attached hydrogen (secondary N) is 1. The van der Waals surface area contributed by atoms with E-state index in [1.807, 2.05) is 0 Å². The largest absolute Gasteiger partial charge is 0.311 e. The standard InChI is InChI=1S/C14H30N2S/c1-7-13(10-15-14(4,5)6)16-8-9-17-12(3)11(16)2/h11-13,15H,7-10H2,1-6H3. The second-order valence-electron chi connectivity index (χ2n) is 6.25. The maximum atomic E-state index is 3.66. The summed E-state index contributed by atoms with van der Waals surface area (Å²) in [6, 6.07) is 1.40. The molecule has 0 spiro atoms. The molecule has 0 bridgehead atoms. The minimum atomic E-state index is 0.229. The average Bonchev–Trinajstić information content (AvgIpc) is 2.23. The molecule has 1 fully saturated rings. The summed E-state index contributed by atoms with van der Waals surface area (Å²) in [4.78, 5) is 2.71. The lowest BCUT2D eigenvalue weighted by molar-refractivity contribution is 0.134. The Balaban J connectivity index is 2.54. The first-order valence-electron chi connectivity index (χ1n) is 6.97. The van der Waals surface area contributed by atoms with Crippen LogP contribution in [0.3, 0.4) is 0 Å². The van der Waals surface area contributed by atoms with E-state index in [1.165, 1.54) is 18.7 Å². The highest BCUT2D eigenvalue weighted by atomic mass is 32.2. The predicted octanol–water partition coefficient (Wildman–Crippen LogP) is 2.98. The molecule has 0 saturated carbocycles. The van der Waals surface area contributed by atoms with Crippen LogP contribution in [0.4, 0.5) is 0 Å². The first-order chi connectivity index (χ1) is 7.85. The van der Waals surface area contributed by atoms with Crippen molar-refractivity contribution in [2.45, 2.75) is 70.8 Å². The summed E-state index contributed by atoms with van der Waals surface area (Å²) in [5.74, 6) is 1.29. The van der Waals surface area contributed by atoms with Gasteiger partial charge in [0.05, 0.1) is 0 Å². The fraction of sp³-hybridized carbons (Fsp3) is 1.00. The number of nitrogens with zero attached hydrogens (tertiary/aromatic N) is 1. The number of rotatable bonds is 4. The molecule has 17 heavy (non-hydrogen) atoms. The maximum absolute atomic E-state index is 3.66. The van der Waals surface area contributed by atoms with E-state index in [0.717, 1.165) is 11.8 Å². The lowest BCUT2D eigenvalue weighted by Gasteiger charge is -2.43. The summed E-state index contributed by atoms with van der Waals surface area (Å²) in [6.07, 6.45) is 1.24. The third kappa shape index (κ3) is 4.80. The van der Waals surface area contributed by atoms with Crippen molar-refractivity contribution in [3.8, 4) is 0 Å². The molecule has 1 saturated heterocycles. The molecular formula is C14H30N2S. The third-order valence-corrected chi connectivity index (χ3v) is 5.08. The van der Waals surface area contributed by atoms with Crippen LogP contribution in [0.5, 0.6) is 0 Å². The van der Waals surface area contributed by atoms with E-state index in [4.69, 9.17) is 0 Å². The molecule has 0 aromatic rings. The molecule has 0 aromatic heterocycles. The van der Waals surface area contributed by atoms with Gasteiger partial charge in [-0.1, -0.05) is 13.8 Å². The van der Waals surface area contributed by atoms with Gasteiger partial charge in [-0.25, -0.2) is 0 Å². The molecule has 1 rings (SSSR count). The first kappa shape index (κ1) is 15.3. The summed E-state index contributed by atoms with van der Waals surface area (Å²) < 4.78 is 0. The molecule has 1 aliphatic rings. The monoisotopic (exact) mass is 258 g/mol. The van der Waals surface area contributed by atoms with Crippen LogP contribution in [0.15, 0.2) is 0 Å². The number of hydrogen-bond acceptors (Lipinski definition) is 3. The Labute approximate surface area is 112 Å². The van der Waals surface area contributed by atoms with Crippen LogP contribution in [0, 0.1) is 0 Å². The van der Waals surface area contributed by atoms with Crippen LogP contribution in [0.1, 0.15) is 48.0 Å². The Bertz CT molecular complexity index is 225. The minimum Gasteiger partial charge on any atom is -0.311 e. The summed E-state index contributed by atoms with van der Waals surface area (Å²) in [7, 11) is 0. The normalized spacial score (nSPS) is 29.3. The van der Waals surface area contributed by atoms with Gasteiger partial charge >= 0.3 is 0 Å². The second-order valence-corrected chi connectivity index (χ2v) is 7.73. The van der Waals surface area contributed by atoms with E-state index in [9.17, 15) is 0 Å². The van der Waals surface area contributed by atoms with Crippen LogP contribution >= 0.6 is 11.8 Å². The molecule has 2 nitrogen and oxygen atoms in total. The fourth-order valence-corrected chi connectivity index (χ4v) is 3.51. The van der Waals surface area contributed by atoms with E-state index in [2.05, 4.69) is 63.5 Å². The van der Waals surface area contributed by atoms with Gasteiger partial charge in [-0.05, 0) is 34.1 Å². The molecule has 0 aliphatic carbocycles. The van der Waals surface area contributed by atoms with Crippen LogP contribution < -0.4 is 5.32 Å². The molecule has 1 N–H and O–H groups in total. The van der Waals surface area contributed by atoms with Gasteiger partial charge in [-0.3, -0.25) is 4.90 Å². The molecule has 1 heterocycles. The summed E-state index contributed by atoms with van der Waals surface area (Å²) in [6.45, 7) is 16.2. The Morgan fingerprint density at radius 1 is 1.35 bits per heavy atom. The van der Waals surface area contributed by atoms with Crippen LogP contribution in [-0.4, -0.2) is 46.6 Å². The molecular weight excluding hydrogens is 228 g/mol. The van der Waals surface area contributed by atoms with Crippen molar-refractivity contribution in [3.05, 3.63) is 0 Å². The highest BCUT2D eigenvalue weighted by Gasteiger charge is 2.30. The quantitative estimate of drug-likeness (QED) is 0.834. The minimum absolute atomic E-state index is 0.229. The van der Waals surface area contributed by atoms with Gasteiger partial charge in [0.15, 0.2) is 0 Å². The fourth-order valence-electron chi connectivity index (χ4n) is 2.39. The molecule has 0 aromatic carbocycles. The van der Waals surface area contributed by atoms with Gasteiger partial charge in [0.1, 0.15) is 0 Å². The van der Waals surface area contributed by atoms with Gasteiger partial charge in [-0.2, -0.15) is 11.8 Å². The Kier molecular flexibility index (Phi) is 5.81. The second kappa shape index (κ2) is 6.44. The number of thioether (sulfide) groups is 1. The van der Waals surface area contributed by atoms with E-state index >= 15 is 0 Å². The first-order valence-corrected chi connectivity index (χ1v) is 8.02. The molecule has 102 valence electrons. The summed E-state index contributed by atoms with van der Waals surface area (Å²) >= 11 is 2.12. The molecule has 0 radical (unpaired) electrons. The van der Waals surface area contributed by atoms with Crippen LogP contribution in [-0.2, 0) is 0 Å². The topological polar surface area (TPSA) is 15.3 Å². The molecule has 0 amide bonds. The van der Waals surface area contributed by atoms with Gasteiger partial charge < -0.3 is 5.32 Å². The van der Waals surface area contributed by atoms with Crippen molar-refractivity contribution >= 4 is 11.8 Å². The molecule has 3 heteroatoms. The summed E-state index contributed by atoms with van der Waals surface area (Å²) in [5, 5.41) is 4.43. The van der Waals surface area contributed by atoms with Crippen molar-refractivity contribution in [1.82, 2.24) is 10.2 Å². The van der Waals surface area contributed by atoms with Crippen molar-refractivity contribution in [2.75, 3.05) is 18.8 Å². The highest BCUT2D eigenvalue weighted by molar-refractivity contribution is 8.00. The van der Waals surface area contributed by atoms with Gasteiger partial charge in [-0.15, -0.1) is 0 Å². The lowest BCUT2D eigenvalue weighted by Crippen LogP contribution is -2.54. The maximum Gasteiger partial charge on any atom is 0.0221 e. The molecule has 3 unspecified atom stereocenters. The van der Waals surface area contributed by atoms with Crippen molar-refractivity contribution in [3.63, 3.8) is 0 Å². The zero-order chi connectivity index (χ0) is 13.1. The Morgan fingerprint density at radius 2 is 2.00 bits per heavy atom. The highest BCUT2D eigenvalue weighted by Crippen LogP contribution is 2.26. The van der Waals surface area contributed by atoms with E-state index in [0.29, 0.717) is 12.1 Å². The lowest BCUT2D eigenvalue weighted by atomic mass is 10.1. The van der Waals surface area contributed by atoms with Gasteiger partial charge in [0.25, 0.3) is 0 Å². The SMILES string of the molecule is CCC(CNC(C)(C)C)N1CCSC(C)C1C. The third-order valence-electron chi connectivity index (χ3n) is 3.74. The molecule has 3 atom stereocenters. The zero-order valence-corrected chi connectivity index (χ0v) is 13.2. The van der Waals surface area contributed by atoms with E-state index < -0.39 is 0 Å². The van der Waals surface area contributed by atoms with Gasteiger partial charge in [0.2, 0.25) is 0 Å². The predicted molar refractivity (Wildman–Crippen MR) is 79.9 cm³/mol. The smallest absolute Gasteiger partial charge is 0.0221 e. The van der Waals surface area contributed by atoms with E-state index in [1.54, 1.807) is 0 Å². The van der Waals surface area contributed by atoms with E-state index in [-0.39, 0.29) is 5.54 Å². The Hall–Kier alpha value is 0.270. The average molecular weight is 258 g/mol. The van der Waals surface area contributed by atoms with Crippen molar-refractivity contribution in [2.24, 2.45) is 0 Å². The Morgan fingerprint density at radius 3 is 2.53 bits per heavy atom. The number of hydrogen-bond donors (Lipinski definition) is 1. The van der Waals surface area contributed by atoms with Crippen molar-refractivity contribution < 1.29 is 0 Å².